The zero-order valence-corrected chi connectivity index (χ0v) is 15.1. The monoisotopic (exact) mass is 357 g/mol. The summed E-state index contributed by atoms with van der Waals surface area (Å²) in [6.45, 7) is 5.02. The molecule has 1 unspecified atom stereocenters. The quantitative estimate of drug-likeness (QED) is 0.819. The van der Waals surface area contributed by atoms with Gasteiger partial charge in [0.1, 0.15) is 0 Å². The molecule has 120 valence electrons. The first-order valence-corrected chi connectivity index (χ1v) is 8.86. The maximum Gasteiger partial charge on any atom is 0.0832 e. The van der Waals surface area contributed by atoms with Crippen LogP contribution in [0.5, 0.6) is 0 Å². The van der Waals surface area contributed by atoms with E-state index in [9.17, 15) is 0 Å². The molecular formula is C16H28BrN3O. The molecule has 1 aromatic heterocycles. The van der Waals surface area contributed by atoms with Crippen molar-refractivity contribution in [1.29, 1.82) is 0 Å². The molecule has 4 nitrogen and oxygen atoms in total. The van der Waals surface area contributed by atoms with Crippen LogP contribution in [0, 0.1) is 6.92 Å². The average molecular weight is 358 g/mol. The molecule has 0 amide bonds. The average Bonchev–Trinajstić information content (AvgIpc) is 2.69. The molecule has 1 aliphatic carbocycles. The Hall–Kier alpha value is -0.390. The molecular weight excluding hydrogens is 330 g/mol. The third-order valence-electron chi connectivity index (χ3n) is 4.90. The first kappa shape index (κ1) is 17.0. The summed E-state index contributed by atoms with van der Waals surface area (Å²) in [5.41, 5.74) is 8.67. The molecule has 5 heteroatoms. The van der Waals surface area contributed by atoms with Crippen molar-refractivity contribution < 1.29 is 4.74 Å². The zero-order valence-electron chi connectivity index (χ0n) is 13.5. The van der Waals surface area contributed by atoms with Crippen LogP contribution in [-0.2, 0) is 17.7 Å². The number of halogens is 1. The summed E-state index contributed by atoms with van der Waals surface area (Å²) in [5, 5.41) is 4.57. The number of aryl methyl sites for hydroxylation is 2. The van der Waals surface area contributed by atoms with E-state index in [-0.39, 0.29) is 11.6 Å². The topological polar surface area (TPSA) is 53.1 Å². The van der Waals surface area contributed by atoms with Crippen LogP contribution >= 0.6 is 15.9 Å². The Morgan fingerprint density at radius 1 is 1.33 bits per heavy atom. The van der Waals surface area contributed by atoms with Gasteiger partial charge in [-0.2, -0.15) is 5.10 Å². The summed E-state index contributed by atoms with van der Waals surface area (Å²) in [6.07, 6.45) is 7.98. The van der Waals surface area contributed by atoms with Crippen molar-refractivity contribution in [2.45, 2.75) is 77.0 Å². The van der Waals surface area contributed by atoms with Crippen LogP contribution in [0.15, 0.2) is 4.47 Å². The summed E-state index contributed by atoms with van der Waals surface area (Å²) in [5.74, 6) is 0. The highest BCUT2D eigenvalue weighted by Crippen LogP contribution is 2.34. The van der Waals surface area contributed by atoms with Crippen molar-refractivity contribution in [3.05, 3.63) is 15.9 Å². The van der Waals surface area contributed by atoms with Crippen molar-refractivity contribution in [1.82, 2.24) is 9.78 Å². The highest BCUT2D eigenvalue weighted by atomic mass is 79.9. The summed E-state index contributed by atoms with van der Waals surface area (Å²) in [4.78, 5) is 0. The van der Waals surface area contributed by atoms with Gasteiger partial charge in [0.25, 0.3) is 0 Å². The maximum atomic E-state index is 6.61. The van der Waals surface area contributed by atoms with Crippen LogP contribution in [0.1, 0.15) is 56.8 Å². The van der Waals surface area contributed by atoms with E-state index in [1.54, 1.807) is 0 Å². The van der Waals surface area contributed by atoms with E-state index in [1.165, 1.54) is 31.4 Å². The minimum absolute atomic E-state index is 0.0123. The lowest BCUT2D eigenvalue weighted by molar-refractivity contribution is -0.0434. The van der Waals surface area contributed by atoms with Crippen LogP contribution < -0.4 is 5.73 Å². The Labute approximate surface area is 136 Å². The number of nitrogens with two attached hydrogens (primary N) is 1. The van der Waals surface area contributed by atoms with Gasteiger partial charge in [-0.1, -0.05) is 25.7 Å². The molecule has 0 bridgehead atoms. The van der Waals surface area contributed by atoms with Gasteiger partial charge in [0.05, 0.1) is 21.5 Å². The number of ether oxygens (including phenoxy) is 1. The zero-order chi connectivity index (χ0) is 15.5. The lowest BCUT2D eigenvalue weighted by Crippen LogP contribution is -2.50. The fraction of sp³-hybridized carbons (Fsp3) is 0.812. The van der Waals surface area contributed by atoms with E-state index in [4.69, 9.17) is 10.5 Å². The molecule has 1 fully saturated rings. The molecule has 1 heterocycles. The Morgan fingerprint density at radius 2 is 1.95 bits per heavy atom. The minimum atomic E-state index is -0.174. The first-order valence-electron chi connectivity index (χ1n) is 8.06. The number of aromatic nitrogens is 2. The van der Waals surface area contributed by atoms with Crippen LogP contribution in [0.3, 0.4) is 0 Å². The van der Waals surface area contributed by atoms with E-state index >= 15 is 0 Å². The van der Waals surface area contributed by atoms with Crippen molar-refractivity contribution in [3.8, 4) is 0 Å². The largest absolute Gasteiger partial charge is 0.377 e. The van der Waals surface area contributed by atoms with Gasteiger partial charge in [-0.05, 0) is 42.6 Å². The second-order valence-electron chi connectivity index (χ2n) is 6.16. The molecule has 21 heavy (non-hydrogen) atoms. The summed E-state index contributed by atoms with van der Waals surface area (Å²) in [6, 6.07) is 0.0123. The van der Waals surface area contributed by atoms with E-state index in [0.29, 0.717) is 0 Å². The number of methoxy groups -OCH3 is 1. The molecule has 1 aliphatic rings. The number of hydrogen-bond acceptors (Lipinski definition) is 3. The van der Waals surface area contributed by atoms with Gasteiger partial charge in [0, 0.05) is 26.1 Å². The Morgan fingerprint density at radius 3 is 2.48 bits per heavy atom. The van der Waals surface area contributed by atoms with Gasteiger partial charge in [-0.15, -0.1) is 0 Å². The molecule has 2 N–H and O–H groups in total. The maximum absolute atomic E-state index is 6.61. The summed E-state index contributed by atoms with van der Waals surface area (Å²) < 4.78 is 9.09. The molecule has 1 atom stereocenters. The van der Waals surface area contributed by atoms with Gasteiger partial charge < -0.3 is 10.5 Å². The fourth-order valence-electron chi connectivity index (χ4n) is 3.51. The smallest absolute Gasteiger partial charge is 0.0832 e. The highest BCUT2D eigenvalue weighted by Gasteiger charge is 2.38. The van der Waals surface area contributed by atoms with Crippen LogP contribution in [0.2, 0.25) is 0 Å². The van der Waals surface area contributed by atoms with Crippen molar-refractivity contribution >= 4 is 15.9 Å². The van der Waals surface area contributed by atoms with Crippen molar-refractivity contribution in [2.75, 3.05) is 7.11 Å². The van der Waals surface area contributed by atoms with Gasteiger partial charge >= 0.3 is 0 Å². The molecule has 1 saturated carbocycles. The third kappa shape index (κ3) is 3.51. The van der Waals surface area contributed by atoms with Crippen LogP contribution in [-0.4, -0.2) is 28.5 Å². The number of hydrogen-bond donors (Lipinski definition) is 1. The van der Waals surface area contributed by atoms with Crippen LogP contribution in [0.25, 0.3) is 0 Å². The molecule has 2 rings (SSSR count). The van der Waals surface area contributed by atoms with Gasteiger partial charge in [0.2, 0.25) is 0 Å². The standard InChI is InChI=1S/C16H28BrN3O/c1-4-20-13(15(17)12(2)19-20)11-14(18)16(21-3)9-7-5-6-8-10-16/h14H,4-11,18H2,1-3H3. The van der Waals surface area contributed by atoms with E-state index in [0.717, 1.165) is 36.0 Å². The highest BCUT2D eigenvalue weighted by molar-refractivity contribution is 9.10. The first-order chi connectivity index (χ1) is 10.0. The lowest BCUT2D eigenvalue weighted by Gasteiger charge is -2.37. The summed E-state index contributed by atoms with van der Waals surface area (Å²) >= 11 is 3.67. The van der Waals surface area contributed by atoms with Gasteiger partial charge in [0.15, 0.2) is 0 Å². The summed E-state index contributed by atoms with van der Waals surface area (Å²) in [7, 11) is 1.82. The van der Waals surface area contributed by atoms with Crippen molar-refractivity contribution in [3.63, 3.8) is 0 Å². The Balaban J connectivity index is 2.21. The predicted octanol–water partition coefficient (Wildman–Crippen LogP) is 3.58. The number of nitrogens with zero attached hydrogens (tertiary/aromatic N) is 2. The lowest BCUT2D eigenvalue weighted by atomic mass is 9.84. The van der Waals surface area contributed by atoms with Gasteiger partial charge in [-0.25, -0.2) is 0 Å². The molecule has 0 aliphatic heterocycles. The van der Waals surface area contributed by atoms with E-state index in [2.05, 4.69) is 32.6 Å². The van der Waals surface area contributed by atoms with E-state index in [1.807, 2.05) is 14.0 Å². The van der Waals surface area contributed by atoms with Gasteiger partial charge in [-0.3, -0.25) is 4.68 Å². The van der Waals surface area contributed by atoms with Crippen LogP contribution in [0.4, 0.5) is 0 Å². The second kappa shape index (κ2) is 7.25. The molecule has 0 saturated heterocycles. The van der Waals surface area contributed by atoms with E-state index < -0.39 is 0 Å². The molecule has 0 radical (unpaired) electrons. The Kier molecular flexibility index (Phi) is 5.86. The predicted molar refractivity (Wildman–Crippen MR) is 89.5 cm³/mol. The number of rotatable bonds is 5. The fourth-order valence-corrected chi connectivity index (χ4v) is 3.96. The Bertz CT molecular complexity index is 464. The van der Waals surface area contributed by atoms with Crippen molar-refractivity contribution in [2.24, 2.45) is 5.73 Å². The molecule has 0 aromatic carbocycles. The second-order valence-corrected chi connectivity index (χ2v) is 6.95. The molecule has 1 aromatic rings. The normalized spacial score (nSPS) is 20.2. The third-order valence-corrected chi connectivity index (χ3v) is 5.93. The minimum Gasteiger partial charge on any atom is -0.377 e. The SMILES string of the molecule is CCn1nc(C)c(Br)c1CC(N)C1(OC)CCCCCC1. The molecule has 0 spiro atoms.